The summed E-state index contributed by atoms with van der Waals surface area (Å²) < 4.78 is 0. The van der Waals surface area contributed by atoms with Crippen molar-refractivity contribution in [1.82, 2.24) is 14.8 Å². The maximum Gasteiger partial charge on any atom is 0.230 e. The molecule has 0 radical (unpaired) electrons. The van der Waals surface area contributed by atoms with Crippen LogP contribution in [0.1, 0.15) is 36.4 Å². The number of carbonyl (C=O) groups excluding carboxylic acids is 2. The Bertz CT molecular complexity index is 814. The number of pyridine rings is 1. The number of benzene rings is 1. The smallest absolute Gasteiger partial charge is 0.230 e. The Morgan fingerprint density at radius 2 is 1.81 bits per heavy atom. The molecule has 2 aliphatic heterocycles. The number of hydrogen-bond acceptors (Lipinski definition) is 3. The first-order chi connectivity index (χ1) is 13.1. The number of hydrogen-bond donors (Lipinski definition) is 0. The lowest BCUT2D eigenvalue weighted by Gasteiger charge is -2.43. The molecular formula is C22H25N3O2. The Kier molecular flexibility index (Phi) is 4.68. The molecule has 5 nitrogen and oxygen atoms in total. The number of nitrogens with zero attached hydrogens (tertiary/aromatic N) is 3. The second kappa shape index (κ2) is 7.14. The Hall–Kier alpha value is -2.69. The zero-order valence-corrected chi connectivity index (χ0v) is 15.7. The van der Waals surface area contributed by atoms with E-state index in [-0.39, 0.29) is 23.3 Å². The fraction of sp³-hybridized carbons (Fsp3) is 0.409. The monoisotopic (exact) mass is 363 g/mol. The molecule has 1 unspecified atom stereocenters. The van der Waals surface area contributed by atoms with Crippen molar-refractivity contribution < 1.29 is 9.59 Å². The van der Waals surface area contributed by atoms with Crippen LogP contribution in [-0.4, -0.2) is 52.3 Å². The fourth-order valence-corrected chi connectivity index (χ4v) is 4.50. The number of amides is 2. The van der Waals surface area contributed by atoms with Gasteiger partial charge < -0.3 is 9.80 Å². The molecule has 5 heteroatoms. The van der Waals surface area contributed by atoms with Crippen molar-refractivity contribution in [3.05, 3.63) is 66.0 Å². The third-order valence-electron chi connectivity index (χ3n) is 6.23. The molecule has 1 spiro atoms. The van der Waals surface area contributed by atoms with Crippen molar-refractivity contribution >= 4 is 11.8 Å². The van der Waals surface area contributed by atoms with Crippen LogP contribution in [0.4, 0.5) is 0 Å². The molecular weight excluding hydrogens is 338 g/mol. The highest BCUT2D eigenvalue weighted by Gasteiger charge is 2.50. The lowest BCUT2D eigenvalue weighted by molar-refractivity contribution is -0.135. The first kappa shape index (κ1) is 17.7. The summed E-state index contributed by atoms with van der Waals surface area (Å²) in [6.45, 7) is 1.40. The standard InChI is InChI=1S/C22H25N3O2/c1-24-21(27)19(17-7-3-2-4-8-17)16-22(24)10-13-25(14-11-22)20(26)15-18-9-5-6-12-23-18/h2-9,12,19H,10-11,13-16H2,1H3. The molecule has 0 bridgehead atoms. The van der Waals surface area contributed by atoms with E-state index in [1.807, 2.05) is 65.4 Å². The minimum absolute atomic E-state index is 0.0630. The van der Waals surface area contributed by atoms with Gasteiger partial charge in [0.15, 0.2) is 0 Å². The van der Waals surface area contributed by atoms with Crippen molar-refractivity contribution in [2.45, 2.75) is 37.1 Å². The van der Waals surface area contributed by atoms with Crippen LogP contribution in [0.15, 0.2) is 54.7 Å². The van der Waals surface area contributed by atoms with Gasteiger partial charge in [0.1, 0.15) is 0 Å². The van der Waals surface area contributed by atoms with Crippen LogP contribution in [0.2, 0.25) is 0 Å². The average Bonchev–Trinajstić information content (AvgIpc) is 2.95. The number of rotatable bonds is 3. The molecule has 3 heterocycles. The van der Waals surface area contributed by atoms with Crippen LogP contribution < -0.4 is 0 Å². The third-order valence-corrected chi connectivity index (χ3v) is 6.23. The van der Waals surface area contributed by atoms with Crippen molar-refractivity contribution in [3.63, 3.8) is 0 Å². The predicted molar refractivity (Wildman–Crippen MR) is 103 cm³/mol. The Labute approximate surface area is 160 Å². The van der Waals surface area contributed by atoms with Crippen LogP contribution in [0.5, 0.6) is 0 Å². The van der Waals surface area contributed by atoms with Crippen molar-refractivity contribution in [3.8, 4) is 0 Å². The van der Waals surface area contributed by atoms with E-state index < -0.39 is 0 Å². The van der Waals surface area contributed by atoms with Crippen LogP contribution in [-0.2, 0) is 16.0 Å². The van der Waals surface area contributed by atoms with Gasteiger partial charge in [-0.3, -0.25) is 14.6 Å². The maximum atomic E-state index is 12.9. The minimum Gasteiger partial charge on any atom is -0.342 e. The first-order valence-electron chi connectivity index (χ1n) is 9.59. The molecule has 4 rings (SSSR count). The van der Waals surface area contributed by atoms with E-state index in [4.69, 9.17) is 0 Å². The number of carbonyl (C=O) groups is 2. The average molecular weight is 363 g/mol. The predicted octanol–water partition coefficient (Wildman–Crippen LogP) is 2.63. The van der Waals surface area contributed by atoms with Gasteiger partial charge in [0.05, 0.1) is 12.3 Å². The lowest BCUT2D eigenvalue weighted by atomic mass is 9.81. The van der Waals surface area contributed by atoms with Crippen molar-refractivity contribution in [1.29, 1.82) is 0 Å². The summed E-state index contributed by atoms with van der Waals surface area (Å²) in [6, 6.07) is 15.7. The lowest BCUT2D eigenvalue weighted by Crippen LogP contribution is -2.53. The molecule has 1 aromatic heterocycles. The highest BCUT2D eigenvalue weighted by molar-refractivity contribution is 5.87. The van der Waals surface area contributed by atoms with E-state index in [9.17, 15) is 9.59 Å². The Morgan fingerprint density at radius 1 is 1.11 bits per heavy atom. The van der Waals surface area contributed by atoms with Crippen molar-refractivity contribution in [2.24, 2.45) is 0 Å². The zero-order valence-electron chi connectivity index (χ0n) is 15.7. The summed E-state index contributed by atoms with van der Waals surface area (Å²) in [5.41, 5.74) is 1.78. The number of aromatic nitrogens is 1. The Morgan fingerprint density at radius 3 is 2.48 bits per heavy atom. The highest BCUT2D eigenvalue weighted by Crippen LogP contribution is 2.44. The van der Waals surface area contributed by atoms with Crippen LogP contribution in [0.3, 0.4) is 0 Å². The number of piperidine rings is 1. The molecule has 1 atom stereocenters. The third kappa shape index (κ3) is 3.34. The maximum absolute atomic E-state index is 12.9. The topological polar surface area (TPSA) is 53.5 Å². The molecule has 140 valence electrons. The molecule has 0 saturated carbocycles. The van der Waals surface area contributed by atoms with Crippen LogP contribution in [0, 0.1) is 0 Å². The molecule has 27 heavy (non-hydrogen) atoms. The van der Waals surface area contributed by atoms with Crippen molar-refractivity contribution in [2.75, 3.05) is 20.1 Å². The second-order valence-corrected chi connectivity index (χ2v) is 7.67. The van der Waals surface area contributed by atoms with E-state index in [0.29, 0.717) is 19.5 Å². The quantitative estimate of drug-likeness (QED) is 0.842. The zero-order chi connectivity index (χ0) is 18.9. The van der Waals surface area contributed by atoms with E-state index in [2.05, 4.69) is 4.98 Å². The molecule has 2 saturated heterocycles. The first-order valence-corrected chi connectivity index (χ1v) is 9.59. The van der Waals surface area contributed by atoms with Gasteiger partial charge in [-0.2, -0.15) is 0 Å². The second-order valence-electron chi connectivity index (χ2n) is 7.67. The van der Waals surface area contributed by atoms with Gasteiger partial charge in [-0.15, -0.1) is 0 Å². The van der Waals surface area contributed by atoms with Gasteiger partial charge in [-0.25, -0.2) is 0 Å². The van der Waals surface area contributed by atoms with Gasteiger partial charge in [0.25, 0.3) is 0 Å². The Balaban J connectivity index is 1.42. The largest absolute Gasteiger partial charge is 0.342 e. The SMILES string of the molecule is CN1C(=O)C(c2ccccc2)CC12CCN(C(=O)Cc1ccccn1)CC2. The van der Waals surface area contributed by atoms with E-state index >= 15 is 0 Å². The molecule has 1 aromatic carbocycles. The number of likely N-dealkylation sites (tertiary alicyclic amines) is 2. The normalized spacial score (nSPS) is 21.7. The summed E-state index contributed by atoms with van der Waals surface area (Å²) in [7, 11) is 1.93. The number of likely N-dealkylation sites (N-methyl/N-ethyl adjacent to an activating group) is 1. The van der Waals surface area contributed by atoms with Gasteiger partial charge >= 0.3 is 0 Å². The summed E-state index contributed by atoms with van der Waals surface area (Å²) >= 11 is 0. The fourth-order valence-electron chi connectivity index (χ4n) is 4.50. The summed E-state index contributed by atoms with van der Waals surface area (Å²) in [4.78, 5) is 33.6. The van der Waals surface area contributed by atoms with E-state index in [1.54, 1.807) is 6.20 Å². The molecule has 0 aliphatic carbocycles. The van der Waals surface area contributed by atoms with E-state index in [0.717, 1.165) is 30.5 Å². The van der Waals surface area contributed by atoms with Gasteiger partial charge in [-0.1, -0.05) is 36.4 Å². The highest BCUT2D eigenvalue weighted by atomic mass is 16.2. The minimum atomic E-state index is -0.126. The molecule has 2 fully saturated rings. The summed E-state index contributed by atoms with van der Waals surface area (Å²) in [5.74, 6) is 0.261. The molecule has 2 aliphatic rings. The molecule has 2 aromatic rings. The van der Waals surface area contributed by atoms with Crippen LogP contribution >= 0.6 is 0 Å². The molecule has 2 amide bonds. The summed E-state index contributed by atoms with van der Waals surface area (Å²) in [5, 5.41) is 0. The van der Waals surface area contributed by atoms with Gasteiger partial charge in [-0.05, 0) is 37.0 Å². The van der Waals surface area contributed by atoms with Gasteiger partial charge in [0, 0.05) is 37.6 Å². The summed E-state index contributed by atoms with van der Waals surface area (Å²) in [6.07, 6.45) is 4.58. The van der Waals surface area contributed by atoms with E-state index in [1.165, 1.54) is 0 Å². The van der Waals surface area contributed by atoms with Crippen LogP contribution in [0.25, 0.3) is 0 Å². The van der Waals surface area contributed by atoms with Gasteiger partial charge in [0.2, 0.25) is 11.8 Å². The molecule has 0 N–H and O–H groups in total.